The first-order valence-electron chi connectivity index (χ1n) is 5.20. The largest absolute Gasteiger partial charge is 0.234 e. The van der Waals surface area contributed by atoms with Crippen LogP contribution in [0, 0.1) is 17.8 Å². The molecule has 0 aliphatic heterocycles. The molecular weight excluding hydrogens is 192 g/mol. The lowest BCUT2D eigenvalue weighted by atomic mass is 9.83. The second-order valence-corrected chi connectivity index (χ2v) is 4.01. The van der Waals surface area contributed by atoms with Crippen molar-refractivity contribution in [2.24, 2.45) is 27.7 Å². The zero-order valence-corrected chi connectivity index (χ0v) is 9.56. The Labute approximate surface area is 90.5 Å². The molecule has 0 bridgehead atoms. The highest BCUT2D eigenvalue weighted by Gasteiger charge is 2.18. The van der Waals surface area contributed by atoms with Gasteiger partial charge < -0.3 is 0 Å². The number of hydrogen-bond acceptors (Lipinski definition) is 4. The van der Waals surface area contributed by atoms with E-state index in [9.17, 15) is 9.59 Å². The van der Waals surface area contributed by atoms with Crippen LogP contribution < -0.4 is 0 Å². The van der Waals surface area contributed by atoms with Crippen molar-refractivity contribution < 1.29 is 9.59 Å². The Kier molecular flexibility index (Phi) is 7.43. The van der Waals surface area contributed by atoms with Crippen molar-refractivity contribution in [3.8, 4) is 0 Å². The Morgan fingerprint density at radius 2 is 1.60 bits per heavy atom. The first-order valence-corrected chi connectivity index (χ1v) is 5.20. The van der Waals surface area contributed by atoms with E-state index >= 15 is 0 Å². The molecule has 0 N–H and O–H groups in total. The lowest BCUT2D eigenvalue weighted by Crippen LogP contribution is -2.19. The molecular formula is C11H18N2O2. The fourth-order valence-electron chi connectivity index (χ4n) is 1.49. The molecule has 0 aromatic carbocycles. The smallest absolute Gasteiger partial charge is 0.211 e. The van der Waals surface area contributed by atoms with E-state index in [0.29, 0.717) is 30.8 Å². The summed E-state index contributed by atoms with van der Waals surface area (Å²) in [5.74, 6) is 1.25. The van der Waals surface area contributed by atoms with Gasteiger partial charge in [0, 0.05) is 0 Å². The summed E-state index contributed by atoms with van der Waals surface area (Å²) in [4.78, 5) is 26.9. The van der Waals surface area contributed by atoms with Gasteiger partial charge in [-0.3, -0.25) is 0 Å². The third-order valence-electron chi connectivity index (χ3n) is 3.00. The van der Waals surface area contributed by atoms with E-state index in [1.54, 1.807) is 6.08 Å². The molecule has 0 saturated carbocycles. The van der Waals surface area contributed by atoms with Crippen LogP contribution in [0.25, 0.3) is 0 Å². The van der Waals surface area contributed by atoms with Gasteiger partial charge in [-0.25, -0.2) is 19.6 Å². The summed E-state index contributed by atoms with van der Waals surface area (Å²) in [6.45, 7) is 7.35. The van der Waals surface area contributed by atoms with Gasteiger partial charge in [-0.05, 0) is 24.2 Å². The minimum atomic E-state index is 0.349. The fraction of sp³-hybridized carbons (Fsp3) is 0.818. The van der Waals surface area contributed by atoms with E-state index in [4.69, 9.17) is 0 Å². The van der Waals surface area contributed by atoms with Gasteiger partial charge in [0.2, 0.25) is 12.2 Å². The lowest BCUT2D eigenvalue weighted by molar-refractivity contribution is 0.274. The summed E-state index contributed by atoms with van der Waals surface area (Å²) in [5.41, 5.74) is 0. The number of isocyanates is 2. The van der Waals surface area contributed by atoms with Crippen LogP contribution in [0.4, 0.5) is 0 Å². The van der Waals surface area contributed by atoms with Gasteiger partial charge in [-0.2, -0.15) is 0 Å². The molecule has 0 rings (SSSR count). The third kappa shape index (κ3) is 5.95. The van der Waals surface area contributed by atoms with Gasteiger partial charge >= 0.3 is 0 Å². The Hall–Kier alpha value is -1.24. The first kappa shape index (κ1) is 13.8. The highest BCUT2D eigenvalue weighted by molar-refractivity contribution is 5.33. The van der Waals surface area contributed by atoms with Gasteiger partial charge in [0.25, 0.3) is 0 Å². The van der Waals surface area contributed by atoms with E-state index < -0.39 is 0 Å². The van der Waals surface area contributed by atoms with Crippen LogP contribution in [0.5, 0.6) is 0 Å². The molecule has 0 saturated heterocycles. The maximum absolute atomic E-state index is 9.96. The van der Waals surface area contributed by atoms with Crippen molar-refractivity contribution >= 4 is 12.2 Å². The molecule has 0 unspecified atom stereocenters. The molecule has 0 spiro atoms. The Morgan fingerprint density at radius 1 is 1.00 bits per heavy atom. The van der Waals surface area contributed by atoms with E-state index in [-0.39, 0.29) is 0 Å². The molecule has 15 heavy (non-hydrogen) atoms. The normalized spacial score (nSPS) is 15.7. The first-order chi connectivity index (χ1) is 7.13. The molecule has 0 heterocycles. The molecule has 84 valence electrons. The van der Waals surface area contributed by atoms with Crippen LogP contribution in [0.1, 0.15) is 27.2 Å². The summed E-state index contributed by atoms with van der Waals surface area (Å²) in [6.07, 6.45) is 3.95. The van der Waals surface area contributed by atoms with Crippen LogP contribution in [0.2, 0.25) is 0 Å². The predicted octanol–water partition coefficient (Wildman–Crippen LogP) is 1.96. The third-order valence-corrected chi connectivity index (χ3v) is 3.00. The zero-order chi connectivity index (χ0) is 11.7. The second-order valence-electron chi connectivity index (χ2n) is 4.01. The molecule has 0 aromatic rings. The highest BCUT2D eigenvalue weighted by atomic mass is 16.1. The molecule has 0 amide bonds. The van der Waals surface area contributed by atoms with Crippen LogP contribution in [-0.4, -0.2) is 25.2 Å². The van der Waals surface area contributed by atoms with Gasteiger partial charge in [-0.15, -0.1) is 0 Å². The van der Waals surface area contributed by atoms with Gasteiger partial charge in [0.05, 0.1) is 13.1 Å². The van der Waals surface area contributed by atoms with E-state index in [1.807, 2.05) is 0 Å². The number of carbonyl (C=O) groups excluding carboxylic acids is 2. The number of nitrogens with zero attached hydrogens (tertiary/aromatic N) is 2. The van der Waals surface area contributed by atoms with Gasteiger partial charge in [0.15, 0.2) is 0 Å². The predicted molar refractivity (Wildman–Crippen MR) is 58.1 cm³/mol. The number of rotatable bonds is 7. The maximum Gasteiger partial charge on any atom is 0.234 e. The molecule has 0 fully saturated rings. The van der Waals surface area contributed by atoms with Crippen molar-refractivity contribution in [2.75, 3.05) is 13.1 Å². The van der Waals surface area contributed by atoms with Crippen LogP contribution in [-0.2, 0) is 9.59 Å². The SMILES string of the molecule is C[C@H]([C@H](C)CCN=C=O)[C@H](C)CN=C=O. The summed E-state index contributed by atoms with van der Waals surface area (Å²) >= 11 is 0. The van der Waals surface area contributed by atoms with Crippen LogP contribution in [0.3, 0.4) is 0 Å². The standard InChI is InChI=1S/C11H18N2O2/c1-9(4-5-12-7-14)11(3)10(2)6-13-8-15/h9-11H,4-6H2,1-3H3/t9-,10-,11-/m1/s1. The Balaban J connectivity index is 3.99. The quantitative estimate of drug-likeness (QED) is 0.476. The van der Waals surface area contributed by atoms with E-state index in [1.165, 1.54) is 6.08 Å². The van der Waals surface area contributed by atoms with Crippen LogP contribution in [0.15, 0.2) is 9.98 Å². The van der Waals surface area contributed by atoms with Crippen molar-refractivity contribution in [1.29, 1.82) is 0 Å². The summed E-state index contributed by atoms with van der Waals surface area (Å²) < 4.78 is 0. The van der Waals surface area contributed by atoms with Crippen molar-refractivity contribution in [3.63, 3.8) is 0 Å². The Morgan fingerprint density at radius 3 is 2.13 bits per heavy atom. The van der Waals surface area contributed by atoms with Crippen LogP contribution >= 0.6 is 0 Å². The minimum Gasteiger partial charge on any atom is -0.211 e. The summed E-state index contributed by atoms with van der Waals surface area (Å²) in [5, 5.41) is 0. The lowest BCUT2D eigenvalue weighted by Gasteiger charge is -2.23. The molecule has 3 atom stereocenters. The van der Waals surface area contributed by atoms with Gasteiger partial charge in [0.1, 0.15) is 0 Å². The maximum atomic E-state index is 9.96. The molecule has 0 aliphatic rings. The second kappa shape index (κ2) is 8.10. The topological polar surface area (TPSA) is 58.9 Å². The average molecular weight is 210 g/mol. The minimum absolute atomic E-state index is 0.349. The zero-order valence-electron chi connectivity index (χ0n) is 9.56. The molecule has 4 heteroatoms. The van der Waals surface area contributed by atoms with Crippen molar-refractivity contribution in [2.45, 2.75) is 27.2 Å². The van der Waals surface area contributed by atoms with E-state index in [2.05, 4.69) is 30.8 Å². The fourth-order valence-corrected chi connectivity index (χ4v) is 1.49. The number of aliphatic imine (C=N–C) groups is 2. The molecule has 0 aliphatic carbocycles. The van der Waals surface area contributed by atoms with Gasteiger partial charge in [-0.1, -0.05) is 20.8 Å². The highest BCUT2D eigenvalue weighted by Crippen LogP contribution is 2.23. The monoisotopic (exact) mass is 210 g/mol. The summed E-state index contributed by atoms with van der Waals surface area (Å²) in [6, 6.07) is 0. The van der Waals surface area contributed by atoms with Crippen molar-refractivity contribution in [1.82, 2.24) is 0 Å². The number of hydrogen-bond donors (Lipinski definition) is 0. The molecule has 0 radical (unpaired) electrons. The molecule has 0 aromatic heterocycles. The van der Waals surface area contributed by atoms with E-state index in [0.717, 1.165) is 6.42 Å². The summed E-state index contributed by atoms with van der Waals surface area (Å²) in [7, 11) is 0. The molecule has 4 nitrogen and oxygen atoms in total. The van der Waals surface area contributed by atoms with Crippen molar-refractivity contribution in [3.05, 3.63) is 0 Å². The Bertz CT molecular complexity index is 266. The average Bonchev–Trinajstić information content (AvgIpc) is 2.24.